The van der Waals surface area contributed by atoms with E-state index in [-0.39, 0.29) is 11.7 Å². The number of aliphatic carboxylic acids is 1. The molecule has 1 fully saturated rings. The summed E-state index contributed by atoms with van der Waals surface area (Å²) < 4.78 is 12.7. The fraction of sp³-hybridized carbons (Fsp3) is 0.462. The van der Waals surface area contributed by atoms with Crippen molar-refractivity contribution in [2.24, 2.45) is 5.92 Å². The third-order valence-corrected chi connectivity index (χ3v) is 3.17. The van der Waals surface area contributed by atoms with Gasteiger partial charge in [-0.15, -0.1) is 0 Å². The number of carboxylic acid groups (broad SMARTS) is 1. The van der Waals surface area contributed by atoms with Crippen molar-refractivity contribution in [3.05, 3.63) is 35.6 Å². The highest BCUT2D eigenvalue weighted by atomic mass is 19.1. The van der Waals surface area contributed by atoms with Gasteiger partial charge in [0, 0.05) is 13.1 Å². The van der Waals surface area contributed by atoms with Gasteiger partial charge in [0.15, 0.2) is 0 Å². The third-order valence-electron chi connectivity index (χ3n) is 3.17. The predicted octanol–water partition coefficient (Wildman–Crippen LogP) is 2.12. The van der Waals surface area contributed by atoms with E-state index in [1.165, 1.54) is 12.1 Å². The van der Waals surface area contributed by atoms with Crippen molar-refractivity contribution in [2.75, 3.05) is 13.1 Å². The predicted molar refractivity (Wildman–Crippen MR) is 62.0 cm³/mol. The van der Waals surface area contributed by atoms with E-state index >= 15 is 0 Å². The topological polar surface area (TPSA) is 40.5 Å². The van der Waals surface area contributed by atoms with Crippen LogP contribution in [0.5, 0.6) is 0 Å². The van der Waals surface area contributed by atoms with Crippen LogP contribution >= 0.6 is 0 Å². The van der Waals surface area contributed by atoms with Gasteiger partial charge in [0.1, 0.15) is 5.82 Å². The summed E-state index contributed by atoms with van der Waals surface area (Å²) in [5, 5.41) is 8.98. The monoisotopic (exact) mass is 237 g/mol. The molecule has 17 heavy (non-hydrogen) atoms. The maximum Gasteiger partial charge on any atom is 0.307 e. The first-order valence-electron chi connectivity index (χ1n) is 5.85. The fourth-order valence-electron chi connectivity index (χ4n) is 2.25. The fourth-order valence-corrected chi connectivity index (χ4v) is 2.25. The van der Waals surface area contributed by atoms with Crippen molar-refractivity contribution in [3.63, 3.8) is 0 Å². The molecular formula is C13H16FNO2. The quantitative estimate of drug-likeness (QED) is 0.875. The second-order valence-electron chi connectivity index (χ2n) is 4.54. The number of carbonyl (C=O) groups is 1. The Hall–Kier alpha value is -1.42. The Bertz CT molecular complexity index is 391. The summed E-state index contributed by atoms with van der Waals surface area (Å²) in [6.07, 6.45) is 1.67. The molecule has 0 aromatic heterocycles. The minimum absolute atomic E-state index is 0.240. The lowest BCUT2D eigenvalue weighted by Gasteiger charge is -2.30. The van der Waals surface area contributed by atoms with E-state index in [2.05, 4.69) is 4.90 Å². The van der Waals surface area contributed by atoms with Gasteiger partial charge in [-0.05, 0) is 37.1 Å². The summed E-state index contributed by atoms with van der Waals surface area (Å²) >= 11 is 0. The van der Waals surface area contributed by atoms with Crippen LogP contribution in [0.4, 0.5) is 4.39 Å². The molecule has 1 unspecified atom stereocenters. The van der Waals surface area contributed by atoms with Crippen LogP contribution in [0.15, 0.2) is 24.3 Å². The summed E-state index contributed by atoms with van der Waals surface area (Å²) in [5.74, 6) is -1.21. The Labute approximate surface area is 99.9 Å². The molecule has 3 nitrogen and oxygen atoms in total. The zero-order valence-electron chi connectivity index (χ0n) is 9.60. The number of halogens is 1. The third kappa shape index (κ3) is 3.27. The van der Waals surface area contributed by atoms with Gasteiger partial charge in [-0.3, -0.25) is 9.69 Å². The summed E-state index contributed by atoms with van der Waals surface area (Å²) in [5.41, 5.74) is 1.03. The number of carboxylic acids is 1. The Morgan fingerprint density at radius 2 is 2.12 bits per heavy atom. The second kappa shape index (κ2) is 5.27. The van der Waals surface area contributed by atoms with Gasteiger partial charge in [-0.25, -0.2) is 4.39 Å². The van der Waals surface area contributed by atoms with E-state index < -0.39 is 5.97 Å². The Kier molecular flexibility index (Phi) is 3.74. The Morgan fingerprint density at radius 1 is 1.41 bits per heavy atom. The highest BCUT2D eigenvalue weighted by molar-refractivity contribution is 5.70. The molecule has 0 saturated carbocycles. The molecule has 4 heteroatoms. The number of benzene rings is 1. The van der Waals surface area contributed by atoms with E-state index in [1.54, 1.807) is 12.1 Å². The van der Waals surface area contributed by atoms with E-state index in [4.69, 9.17) is 5.11 Å². The van der Waals surface area contributed by atoms with Gasteiger partial charge >= 0.3 is 5.97 Å². The Morgan fingerprint density at radius 3 is 2.76 bits per heavy atom. The zero-order chi connectivity index (χ0) is 12.3. The standard InChI is InChI=1S/C13H16FNO2/c14-12-5-3-10(4-6-12)8-15-7-1-2-11(9-15)13(16)17/h3-6,11H,1-2,7-9H2,(H,16,17). The number of nitrogens with zero attached hydrogens (tertiary/aromatic N) is 1. The van der Waals surface area contributed by atoms with Crippen molar-refractivity contribution in [1.29, 1.82) is 0 Å². The van der Waals surface area contributed by atoms with Crippen molar-refractivity contribution >= 4 is 5.97 Å². The molecule has 0 amide bonds. The van der Waals surface area contributed by atoms with Crippen LogP contribution in [0.1, 0.15) is 18.4 Å². The molecule has 1 aliphatic rings. The molecule has 92 valence electrons. The lowest BCUT2D eigenvalue weighted by atomic mass is 9.98. The number of likely N-dealkylation sites (tertiary alicyclic amines) is 1. The van der Waals surface area contributed by atoms with Crippen LogP contribution in [0.25, 0.3) is 0 Å². The van der Waals surface area contributed by atoms with Crippen LogP contribution in [0.2, 0.25) is 0 Å². The summed E-state index contributed by atoms with van der Waals surface area (Å²) in [6.45, 7) is 2.21. The van der Waals surface area contributed by atoms with E-state index in [0.29, 0.717) is 13.1 Å². The maximum atomic E-state index is 12.7. The van der Waals surface area contributed by atoms with Crippen LogP contribution in [-0.2, 0) is 11.3 Å². The summed E-state index contributed by atoms with van der Waals surface area (Å²) in [6, 6.07) is 6.38. The maximum absolute atomic E-state index is 12.7. The molecule has 2 rings (SSSR count). The molecule has 1 aromatic carbocycles. The van der Waals surface area contributed by atoms with Crippen molar-refractivity contribution in [1.82, 2.24) is 4.90 Å². The number of hydrogen-bond donors (Lipinski definition) is 1. The molecule has 1 aliphatic heterocycles. The van der Waals surface area contributed by atoms with Gasteiger partial charge in [-0.1, -0.05) is 12.1 Å². The molecule has 0 bridgehead atoms. The molecule has 0 spiro atoms. The van der Waals surface area contributed by atoms with Crippen molar-refractivity contribution < 1.29 is 14.3 Å². The van der Waals surface area contributed by atoms with E-state index in [0.717, 1.165) is 24.9 Å². The zero-order valence-corrected chi connectivity index (χ0v) is 9.60. The highest BCUT2D eigenvalue weighted by Crippen LogP contribution is 2.18. The molecule has 0 aliphatic carbocycles. The smallest absolute Gasteiger partial charge is 0.307 e. The molecule has 1 heterocycles. The van der Waals surface area contributed by atoms with Gasteiger partial charge in [-0.2, -0.15) is 0 Å². The SMILES string of the molecule is O=C(O)C1CCCN(Cc2ccc(F)cc2)C1. The van der Waals surface area contributed by atoms with Crippen molar-refractivity contribution in [3.8, 4) is 0 Å². The van der Waals surface area contributed by atoms with Gasteiger partial charge in [0.25, 0.3) is 0 Å². The lowest BCUT2D eigenvalue weighted by Crippen LogP contribution is -2.38. The first-order valence-corrected chi connectivity index (χ1v) is 5.85. The van der Waals surface area contributed by atoms with Crippen LogP contribution in [0.3, 0.4) is 0 Å². The average molecular weight is 237 g/mol. The van der Waals surface area contributed by atoms with Gasteiger partial charge in [0.05, 0.1) is 5.92 Å². The van der Waals surface area contributed by atoms with Gasteiger partial charge in [0.2, 0.25) is 0 Å². The highest BCUT2D eigenvalue weighted by Gasteiger charge is 2.25. The van der Waals surface area contributed by atoms with Crippen LogP contribution in [0, 0.1) is 11.7 Å². The minimum atomic E-state index is -0.714. The lowest BCUT2D eigenvalue weighted by molar-refractivity contribution is -0.143. The van der Waals surface area contributed by atoms with Crippen LogP contribution in [-0.4, -0.2) is 29.1 Å². The number of piperidine rings is 1. The molecule has 1 atom stereocenters. The molecule has 1 saturated heterocycles. The largest absolute Gasteiger partial charge is 0.481 e. The first-order chi connectivity index (χ1) is 8.15. The first kappa shape index (κ1) is 12.0. The summed E-state index contributed by atoms with van der Waals surface area (Å²) in [7, 11) is 0. The molecule has 1 N–H and O–H groups in total. The number of rotatable bonds is 3. The molecule has 0 radical (unpaired) electrons. The van der Waals surface area contributed by atoms with E-state index in [9.17, 15) is 9.18 Å². The van der Waals surface area contributed by atoms with Gasteiger partial charge < -0.3 is 5.11 Å². The Balaban J connectivity index is 1.94. The molecular weight excluding hydrogens is 221 g/mol. The minimum Gasteiger partial charge on any atom is -0.481 e. The van der Waals surface area contributed by atoms with Crippen molar-refractivity contribution in [2.45, 2.75) is 19.4 Å². The summed E-state index contributed by atoms with van der Waals surface area (Å²) in [4.78, 5) is 13.0. The second-order valence-corrected chi connectivity index (χ2v) is 4.54. The van der Waals surface area contributed by atoms with Crippen LogP contribution < -0.4 is 0 Å². The van der Waals surface area contributed by atoms with E-state index in [1.807, 2.05) is 0 Å². The molecule has 1 aromatic rings. The average Bonchev–Trinajstić information content (AvgIpc) is 2.32. The number of hydrogen-bond acceptors (Lipinski definition) is 2. The normalized spacial score (nSPS) is 21.4.